The number of carbonyl (C=O) groups is 1. The Morgan fingerprint density at radius 1 is 1.26 bits per heavy atom. The maximum Gasteiger partial charge on any atom is 0.223 e. The second kappa shape index (κ2) is 6.71. The van der Waals surface area contributed by atoms with Crippen LogP contribution in [0.25, 0.3) is 0 Å². The molecule has 1 saturated heterocycles. The third-order valence-electron chi connectivity index (χ3n) is 4.76. The van der Waals surface area contributed by atoms with Crippen molar-refractivity contribution in [1.82, 2.24) is 10.2 Å². The van der Waals surface area contributed by atoms with E-state index >= 15 is 0 Å². The number of nitrogens with zero attached hydrogens (tertiary/aromatic N) is 1. The molecule has 1 saturated carbocycles. The number of nitrogens with one attached hydrogen (secondary N) is 1. The van der Waals surface area contributed by atoms with Crippen LogP contribution in [0.2, 0.25) is 0 Å². The molecule has 110 valence electrons. The van der Waals surface area contributed by atoms with Crippen molar-refractivity contribution in [1.29, 1.82) is 0 Å². The van der Waals surface area contributed by atoms with E-state index in [0.29, 0.717) is 18.0 Å². The molecule has 4 nitrogen and oxygen atoms in total. The number of amides is 1. The van der Waals surface area contributed by atoms with Gasteiger partial charge in [0, 0.05) is 31.1 Å². The minimum absolute atomic E-state index is 0.211. The quantitative estimate of drug-likeness (QED) is 0.808. The van der Waals surface area contributed by atoms with Crippen molar-refractivity contribution in [2.45, 2.75) is 58.0 Å². The van der Waals surface area contributed by atoms with Crippen molar-refractivity contribution >= 4 is 5.91 Å². The average molecular weight is 267 g/mol. The summed E-state index contributed by atoms with van der Waals surface area (Å²) < 4.78 is 0. The smallest absolute Gasteiger partial charge is 0.223 e. The van der Waals surface area contributed by atoms with E-state index in [1.807, 2.05) is 0 Å². The monoisotopic (exact) mass is 267 g/mol. The highest BCUT2D eigenvalue weighted by Gasteiger charge is 2.27. The fraction of sp³-hybridized carbons (Fsp3) is 0.933. The van der Waals surface area contributed by atoms with Gasteiger partial charge in [0.2, 0.25) is 5.91 Å². The highest BCUT2D eigenvalue weighted by atomic mass is 16.1. The number of rotatable bonds is 4. The maximum absolute atomic E-state index is 12.1. The van der Waals surface area contributed by atoms with E-state index in [2.05, 4.69) is 24.1 Å². The third kappa shape index (κ3) is 4.18. The molecule has 0 radical (unpaired) electrons. The molecule has 1 atom stereocenters. The zero-order chi connectivity index (χ0) is 13.8. The molecule has 0 aromatic rings. The summed E-state index contributed by atoms with van der Waals surface area (Å²) in [6.45, 7) is 7.65. The van der Waals surface area contributed by atoms with Crippen LogP contribution in [0.1, 0.15) is 46.0 Å². The summed E-state index contributed by atoms with van der Waals surface area (Å²) in [7, 11) is 0. The molecule has 1 aliphatic carbocycles. The minimum atomic E-state index is 0.211. The van der Waals surface area contributed by atoms with Gasteiger partial charge in [-0.2, -0.15) is 0 Å². The van der Waals surface area contributed by atoms with E-state index in [4.69, 9.17) is 5.73 Å². The molecule has 0 aromatic carbocycles. The van der Waals surface area contributed by atoms with Gasteiger partial charge in [-0.05, 0) is 58.4 Å². The van der Waals surface area contributed by atoms with Gasteiger partial charge < -0.3 is 16.0 Å². The SMILES string of the molecule is CC(C)N1CCC(CNC(=O)C2CCC(N)CC2)C1. The topological polar surface area (TPSA) is 58.4 Å². The summed E-state index contributed by atoms with van der Waals surface area (Å²) in [5.41, 5.74) is 5.88. The number of hydrogen-bond donors (Lipinski definition) is 2. The molecule has 2 aliphatic rings. The van der Waals surface area contributed by atoms with Gasteiger partial charge in [-0.15, -0.1) is 0 Å². The van der Waals surface area contributed by atoms with Crippen molar-refractivity contribution in [3.8, 4) is 0 Å². The lowest BCUT2D eigenvalue weighted by Crippen LogP contribution is -2.39. The van der Waals surface area contributed by atoms with E-state index < -0.39 is 0 Å². The summed E-state index contributed by atoms with van der Waals surface area (Å²) in [4.78, 5) is 14.6. The molecule has 2 rings (SSSR count). The Kier molecular flexibility index (Phi) is 5.22. The van der Waals surface area contributed by atoms with Crippen LogP contribution in [0.4, 0.5) is 0 Å². The first-order valence-corrected chi connectivity index (χ1v) is 7.83. The normalized spacial score (nSPS) is 32.7. The number of hydrogen-bond acceptors (Lipinski definition) is 3. The lowest BCUT2D eigenvalue weighted by Gasteiger charge is -2.25. The lowest BCUT2D eigenvalue weighted by atomic mass is 9.86. The molecule has 1 amide bonds. The Labute approximate surface area is 117 Å². The molecular weight excluding hydrogens is 238 g/mol. The van der Waals surface area contributed by atoms with Crippen molar-refractivity contribution in [2.75, 3.05) is 19.6 Å². The van der Waals surface area contributed by atoms with Crippen molar-refractivity contribution < 1.29 is 4.79 Å². The van der Waals surface area contributed by atoms with Crippen molar-refractivity contribution in [2.24, 2.45) is 17.6 Å². The summed E-state index contributed by atoms with van der Waals surface area (Å²) in [5, 5.41) is 3.16. The zero-order valence-corrected chi connectivity index (χ0v) is 12.4. The number of nitrogens with two attached hydrogens (primary N) is 1. The highest BCUT2D eigenvalue weighted by Crippen LogP contribution is 2.23. The van der Waals surface area contributed by atoms with Gasteiger partial charge in [0.05, 0.1) is 0 Å². The van der Waals surface area contributed by atoms with Gasteiger partial charge in [0.25, 0.3) is 0 Å². The van der Waals surface area contributed by atoms with Crippen LogP contribution in [-0.4, -0.2) is 42.5 Å². The molecular formula is C15H29N3O. The second-order valence-corrected chi connectivity index (χ2v) is 6.60. The molecule has 3 N–H and O–H groups in total. The van der Waals surface area contributed by atoms with E-state index in [1.54, 1.807) is 0 Å². The number of likely N-dealkylation sites (tertiary alicyclic amines) is 1. The van der Waals surface area contributed by atoms with Gasteiger partial charge in [-0.3, -0.25) is 4.79 Å². The third-order valence-corrected chi connectivity index (χ3v) is 4.76. The van der Waals surface area contributed by atoms with Crippen LogP contribution in [-0.2, 0) is 4.79 Å². The average Bonchev–Trinajstić information content (AvgIpc) is 2.86. The Hall–Kier alpha value is -0.610. The van der Waals surface area contributed by atoms with Crippen LogP contribution in [0.15, 0.2) is 0 Å². The molecule has 2 fully saturated rings. The lowest BCUT2D eigenvalue weighted by molar-refractivity contribution is -0.126. The summed E-state index contributed by atoms with van der Waals surface area (Å²) in [6, 6.07) is 0.944. The molecule has 1 heterocycles. The second-order valence-electron chi connectivity index (χ2n) is 6.60. The molecule has 19 heavy (non-hydrogen) atoms. The van der Waals surface area contributed by atoms with Crippen molar-refractivity contribution in [3.05, 3.63) is 0 Å². The van der Waals surface area contributed by atoms with Gasteiger partial charge >= 0.3 is 0 Å². The Morgan fingerprint density at radius 3 is 2.53 bits per heavy atom. The molecule has 4 heteroatoms. The first-order valence-electron chi connectivity index (χ1n) is 7.83. The van der Waals surface area contributed by atoms with E-state index in [9.17, 15) is 4.79 Å². The van der Waals surface area contributed by atoms with Crippen LogP contribution in [0.3, 0.4) is 0 Å². The number of carbonyl (C=O) groups excluding carboxylic acids is 1. The van der Waals surface area contributed by atoms with Crippen LogP contribution in [0.5, 0.6) is 0 Å². The Balaban J connectivity index is 1.67. The molecule has 0 bridgehead atoms. The van der Waals surface area contributed by atoms with Gasteiger partial charge in [-0.1, -0.05) is 0 Å². The van der Waals surface area contributed by atoms with Crippen molar-refractivity contribution in [3.63, 3.8) is 0 Å². The first-order chi connectivity index (χ1) is 9.06. The van der Waals surface area contributed by atoms with Crippen LogP contribution in [0, 0.1) is 11.8 Å². The Bertz CT molecular complexity index is 298. The molecule has 1 aliphatic heterocycles. The minimum Gasteiger partial charge on any atom is -0.356 e. The van der Waals surface area contributed by atoms with E-state index in [1.165, 1.54) is 13.0 Å². The zero-order valence-electron chi connectivity index (χ0n) is 12.4. The van der Waals surface area contributed by atoms with E-state index in [-0.39, 0.29) is 11.8 Å². The fourth-order valence-electron chi connectivity index (χ4n) is 3.27. The highest BCUT2D eigenvalue weighted by molar-refractivity contribution is 5.78. The summed E-state index contributed by atoms with van der Waals surface area (Å²) in [5.74, 6) is 1.11. The van der Waals surface area contributed by atoms with Gasteiger partial charge in [-0.25, -0.2) is 0 Å². The standard InChI is InChI=1S/C15H29N3O/c1-11(2)18-8-7-12(10-18)9-17-15(19)13-3-5-14(16)6-4-13/h11-14H,3-10,16H2,1-2H3,(H,17,19). The fourth-order valence-corrected chi connectivity index (χ4v) is 3.27. The van der Waals surface area contributed by atoms with E-state index in [0.717, 1.165) is 38.8 Å². The largest absolute Gasteiger partial charge is 0.356 e. The van der Waals surface area contributed by atoms with Crippen LogP contribution < -0.4 is 11.1 Å². The van der Waals surface area contributed by atoms with Crippen LogP contribution >= 0.6 is 0 Å². The first kappa shape index (κ1) is 14.8. The summed E-state index contributed by atoms with van der Waals surface area (Å²) in [6.07, 6.45) is 5.16. The van der Waals surface area contributed by atoms with Gasteiger partial charge in [0.1, 0.15) is 0 Å². The molecule has 1 unspecified atom stereocenters. The summed E-state index contributed by atoms with van der Waals surface area (Å²) >= 11 is 0. The Morgan fingerprint density at radius 2 is 1.95 bits per heavy atom. The van der Waals surface area contributed by atoms with Gasteiger partial charge in [0.15, 0.2) is 0 Å². The predicted molar refractivity (Wildman–Crippen MR) is 77.8 cm³/mol. The maximum atomic E-state index is 12.1. The molecule has 0 aromatic heterocycles. The molecule has 0 spiro atoms. The predicted octanol–water partition coefficient (Wildman–Crippen LogP) is 1.35.